The predicted octanol–water partition coefficient (Wildman–Crippen LogP) is 0.919. The highest BCUT2D eigenvalue weighted by Crippen LogP contribution is 2.33. The maximum absolute atomic E-state index is 11.3. The number of ether oxygens (including phenoxy) is 1. The fourth-order valence-corrected chi connectivity index (χ4v) is 2.14. The fraction of sp³-hybridized carbons (Fsp3) is 0.778. The molecule has 1 aliphatic heterocycles. The van der Waals surface area contributed by atoms with Crippen molar-refractivity contribution in [1.82, 2.24) is 0 Å². The van der Waals surface area contributed by atoms with E-state index in [2.05, 4.69) is 0 Å². The van der Waals surface area contributed by atoms with Gasteiger partial charge in [-0.1, -0.05) is 0 Å². The number of cyclic esters (lactones) is 1. The average Bonchev–Trinajstić information content (AvgIpc) is 2.59. The van der Waals surface area contributed by atoms with E-state index in [1.807, 2.05) is 0 Å². The summed E-state index contributed by atoms with van der Waals surface area (Å²) in [5, 5.41) is 0. The Balaban J connectivity index is 2.08. The monoisotopic (exact) mass is 168 g/mol. The highest BCUT2D eigenvalue weighted by molar-refractivity contribution is 5.88. The number of Topliss-reactive ketones (excluding diaryl/α,β-unsaturated/α-hetero) is 1. The summed E-state index contributed by atoms with van der Waals surface area (Å²) in [6.45, 7) is 0.507. The molecule has 0 N–H and O–H groups in total. The molecule has 1 saturated carbocycles. The molecule has 2 atom stereocenters. The first-order chi connectivity index (χ1) is 5.79. The summed E-state index contributed by atoms with van der Waals surface area (Å²) in [4.78, 5) is 22.4. The summed E-state index contributed by atoms with van der Waals surface area (Å²) in [7, 11) is 0. The molecule has 0 aromatic heterocycles. The van der Waals surface area contributed by atoms with Gasteiger partial charge in [0.15, 0.2) is 0 Å². The molecular weight excluding hydrogens is 156 g/mol. The normalized spacial score (nSPS) is 35.7. The Hall–Kier alpha value is -0.860. The molecule has 0 radical (unpaired) electrons. The molecule has 66 valence electrons. The molecule has 2 fully saturated rings. The topological polar surface area (TPSA) is 43.4 Å². The molecule has 0 aromatic carbocycles. The second kappa shape index (κ2) is 2.88. The number of carbonyl (C=O) groups excluding carboxylic acids is 2. The molecule has 2 rings (SSSR count). The molecule has 3 nitrogen and oxygen atoms in total. The third-order valence-corrected chi connectivity index (χ3v) is 2.81. The maximum Gasteiger partial charge on any atom is 0.309 e. The van der Waals surface area contributed by atoms with Gasteiger partial charge < -0.3 is 4.74 Å². The predicted molar refractivity (Wildman–Crippen MR) is 41.4 cm³/mol. The number of hydrogen-bond acceptors (Lipinski definition) is 3. The van der Waals surface area contributed by atoms with Gasteiger partial charge >= 0.3 is 5.97 Å². The quantitative estimate of drug-likeness (QED) is 0.547. The van der Waals surface area contributed by atoms with Gasteiger partial charge in [-0.25, -0.2) is 0 Å². The van der Waals surface area contributed by atoms with Crippen LogP contribution in [0.2, 0.25) is 0 Å². The second-order valence-corrected chi connectivity index (χ2v) is 3.53. The van der Waals surface area contributed by atoms with Crippen molar-refractivity contribution in [2.24, 2.45) is 11.8 Å². The molecule has 1 saturated heterocycles. The van der Waals surface area contributed by atoms with Gasteiger partial charge in [0.25, 0.3) is 0 Å². The van der Waals surface area contributed by atoms with Crippen molar-refractivity contribution in [1.29, 1.82) is 0 Å². The lowest BCUT2D eigenvalue weighted by Crippen LogP contribution is -2.22. The number of carbonyl (C=O) groups is 2. The number of hydrogen-bond donors (Lipinski definition) is 0. The van der Waals surface area contributed by atoms with Gasteiger partial charge in [-0.3, -0.25) is 9.59 Å². The largest absolute Gasteiger partial charge is 0.465 e. The van der Waals surface area contributed by atoms with Gasteiger partial charge in [-0.05, 0) is 19.3 Å². The first-order valence-electron chi connectivity index (χ1n) is 4.48. The van der Waals surface area contributed by atoms with Gasteiger partial charge in [0.2, 0.25) is 0 Å². The molecule has 0 aromatic rings. The Morgan fingerprint density at radius 1 is 1.17 bits per heavy atom. The van der Waals surface area contributed by atoms with Crippen LogP contribution in [0.15, 0.2) is 0 Å². The highest BCUT2D eigenvalue weighted by atomic mass is 16.5. The maximum atomic E-state index is 11.3. The summed E-state index contributed by atoms with van der Waals surface area (Å²) in [5.74, 6) is -0.0194. The zero-order valence-electron chi connectivity index (χ0n) is 6.91. The van der Waals surface area contributed by atoms with Crippen LogP contribution in [0.3, 0.4) is 0 Å². The minimum atomic E-state index is -0.157. The van der Waals surface area contributed by atoms with Crippen LogP contribution in [0.1, 0.15) is 25.7 Å². The third kappa shape index (κ3) is 1.13. The average molecular weight is 168 g/mol. The van der Waals surface area contributed by atoms with E-state index in [1.165, 1.54) is 0 Å². The smallest absolute Gasteiger partial charge is 0.309 e. The van der Waals surface area contributed by atoms with Crippen LogP contribution in [0.5, 0.6) is 0 Å². The van der Waals surface area contributed by atoms with Crippen LogP contribution in [-0.2, 0) is 14.3 Å². The Morgan fingerprint density at radius 2 is 2.00 bits per heavy atom. The third-order valence-electron chi connectivity index (χ3n) is 2.81. The lowest BCUT2D eigenvalue weighted by molar-refractivity contribution is -0.144. The summed E-state index contributed by atoms with van der Waals surface area (Å²) in [6.07, 6.45) is 3.25. The van der Waals surface area contributed by atoms with E-state index in [0.717, 1.165) is 19.3 Å². The van der Waals surface area contributed by atoms with Crippen LogP contribution in [0.4, 0.5) is 0 Å². The zero-order valence-corrected chi connectivity index (χ0v) is 6.91. The SMILES string of the molecule is O=C1OCCC1[C@H]1CCCC1=O. The van der Waals surface area contributed by atoms with E-state index in [0.29, 0.717) is 13.0 Å². The van der Waals surface area contributed by atoms with E-state index < -0.39 is 0 Å². The van der Waals surface area contributed by atoms with E-state index in [9.17, 15) is 9.59 Å². The van der Waals surface area contributed by atoms with Gasteiger partial charge in [0.1, 0.15) is 5.78 Å². The lowest BCUT2D eigenvalue weighted by atomic mass is 9.89. The molecule has 2 aliphatic rings. The standard InChI is InChI=1S/C9H12O3/c10-8-3-1-2-6(8)7-4-5-12-9(7)11/h6-7H,1-5H2/t6-,7?/m1/s1. The van der Waals surface area contributed by atoms with Crippen LogP contribution < -0.4 is 0 Å². The van der Waals surface area contributed by atoms with Crippen molar-refractivity contribution >= 4 is 11.8 Å². The Morgan fingerprint density at radius 3 is 2.50 bits per heavy atom. The Labute approximate surface area is 71.1 Å². The first kappa shape index (κ1) is 7.77. The fourth-order valence-electron chi connectivity index (χ4n) is 2.14. The highest BCUT2D eigenvalue weighted by Gasteiger charge is 2.39. The van der Waals surface area contributed by atoms with Gasteiger partial charge in [0.05, 0.1) is 12.5 Å². The molecule has 0 bridgehead atoms. The Kier molecular flexibility index (Phi) is 1.87. The van der Waals surface area contributed by atoms with Crippen molar-refractivity contribution < 1.29 is 14.3 Å². The van der Waals surface area contributed by atoms with Gasteiger partial charge in [-0.15, -0.1) is 0 Å². The molecule has 12 heavy (non-hydrogen) atoms. The number of esters is 1. The summed E-state index contributed by atoms with van der Waals surface area (Å²) in [6, 6.07) is 0. The van der Waals surface area contributed by atoms with Crippen molar-refractivity contribution in [2.75, 3.05) is 6.61 Å². The molecule has 1 aliphatic carbocycles. The molecule has 1 unspecified atom stereocenters. The van der Waals surface area contributed by atoms with Gasteiger partial charge in [0, 0.05) is 12.3 Å². The van der Waals surface area contributed by atoms with Crippen molar-refractivity contribution in [3.63, 3.8) is 0 Å². The van der Waals surface area contributed by atoms with E-state index >= 15 is 0 Å². The van der Waals surface area contributed by atoms with E-state index in [1.54, 1.807) is 0 Å². The van der Waals surface area contributed by atoms with Crippen molar-refractivity contribution in [3.05, 3.63) is 0 Å². The van der Waals surface area contributed by atoms with Gasteiger partial charge in [-0.2, -0.15) is 0 Å². The number of rotatable bonds is 1. The van der Waals surface area contributed by atoms with Crippen LogP contribution in [-0.4, -0.2) is 18.4 Å². The van der Waals surface area contributed by atoms with E-state index in [4.69, 9.17) is 4.74 Å². The van der Waals surface area contributed by atoms with Crippen molar-refractivity contribution in [2.45, 2.75) is 25.7 Å². The van der Waals surface area contributed by atoms with Crippen LogP contribution in [0, 0.1) is 11.8 Å². The summed E-state index contributed by atoms with van der Waals surface area (Å²) in [5.41, 5.74) is 0. The minimum Gasteiger partial charge on any atom is -0.465 e. The van der Waals surface area contributed by atoms with Crippen LogP contribution in [0.25, 0.3) is 0 Å². The summed E-state index contributed by atoms with van der Waals surface area (Å²) < 4.78 is 4.84. The van der Waals surface area contributed by atoms with Crippen molar-refractivity contribution in [3.8, 4) is 0 Å². The minimum absolute atomic E-state index is 0.0139. The van der Waals surface area contributed by atoms with E-state index in [-0.39, 0.29) is 23.6 Å². The molecule has 3 heteroatoms. The van der Waals surface area contributed by atoms with Crippen LogP contribution >= 0.6 is 0 Å². The molecule has 0 amide bonds. The Bertz CT molecular complexity index is 198. The molecular formula is C9H12O3. The summed E-state index contributed by atoms with van der Waals surface area (Å²) >= 11 is 0. The zero-order chi connectivity index (χ0) is 8.55. The molecule has 0 spiro atoms. The lowest BCUT2D eigenvalue weighted by Gasteiger charge is -2.11. The number of ketones is 1. The first-order valence-corrected chi connectivity index (χ1v) is 4.48. The molecule has 1 heterocycles. The second-order valence-electron chi connectivity index (χ2n) is 3.53.